The average Bonchev–Trinajstić information content (AvgIpc) is 3.52. The second kappa shape index (κ2) is 14.9. The van der Waals surface area contributed by atoms with Crippen LogP contribution in [0.3, 0.4) is 0 Å². The van der Waals surface area contributed by atoms with Gasteiger partial charge in [-0.2, -0.15) is 0 Å². The summed E-state index contributed by atoms with van der Waals surface area (Å²) in [6.07, 6.45) is 2.93. The maximum absolute atomic E-state index is 6.78. The molecular formula is C57H44N2. The third-order valence-electron chi connectivity index (χ3n) is 12.2. The Morgan fingerprint density at radius 3 is 1.93 bits per heavy atom. The molecule has 1 aliphatic carbocycles. The van der Waals surface area contributed by atoms with Crippen molar-refractivity contribution in [3.05, 3.63) is 234 Å². The molecule has 282 valence electrons. The predicted molar refractivity (Wildman–Crippen MR) is 251 cm³/mol. The van der Waals surface area contributed by atoms with E-state index in [9.17, 15) is 0 Å². The van der Waals surface area contributed by atoms with E-state index in [4.69, 9.17) is 10.7 Å². The molecule has 0 atom stereocenters. The molecule has 0 aromatic heterocycles. The summed E-state index contributed by atoms with van der Waals surface area (Å²) < 4.78 is 0. The van der Waals surface area contributed by atoms with Gasteiger partial charge in [0, 0.05) is 16.5 Å². The first-order chi connectivity index (χ1) is 28.9. The Hall–Kier alpha value is -7.29. The minimum Gasteiger partial charge on any atom is -0.383 e. The summed E-state index contributed by atoms with van der Waals surface area (Å²) in [6.45, 7) is 4.66. The molecule has 0 saturated heterocycles. The smallest absolute Gasteiger partial charge is 0.131 e. The molecule has 2 heteroatoms. The first-order valence-electron chi connectivity index (χ1n) is 20.5. The molecule has 0 saturated carbocycles. The van der Waals surface area contributed by atoms with Crippen LogP contribution in [0, 0.1) is 0 Å². The van der Waals surface area contributed by atoms with Crippen LogP contribution in [0.2, 0.25) is 0 Å². The molecule has 0 fully saturated rings. The number of nitrogens with zero attached hydrogens (tertiary/aromatic N) is 1. The van der Waals surface area contributed by atoms with Crippen molar-refractivity contribution in [3.63, 3.8) is 0 Å². The second-order valence-electron chi connectivity index (χ2n) is 16.1. The minimum absolute atomic E-state index is 0.00244. The third kappa shape index (κ3) is 6.63. The van der Waals surface area contributed by atoms with Crippen molar-refractivity contribution in [1.29, 1.82) is 0 Å². The van der Waals surface area contributed by atoms with Crippen molar-refractivity contribution < 1.29 is 0 Å². The number of hydrogen-bond donors (Lipinski definition) is 1. The highest BCUT2D eigenvalue weighted by Gasteiger charge is 2.35. The van der Waals surface area contributed by atoms with Crippen LogP contribution in [0.4, 0.5) is 0 Å². The Bertz CT molecular complexity index is 3090. The normalized spacial score (nSPS) is 13.4. The number of nitrogens with two attached hydrogens (primary N) is 1. The highest BCUT2D eigenvalue weighted by molar-refractivity contribution is 6.06. The lowest BCUT2D eigenvalue weighted by Gasteiger charge is -2.21. The van der Waals surface area contributed by atoms with Gasteiger partial charge in [-0.05, 0) is 101 Å². The molecule has 1 aliphatic rings. The first kappa shape index (κ1) is 36.1. The van der Waals surface area contributed by atoms with E-state index in [1.54, 1.807) is 0 Å². The van der Waals surface area contributed by atoms with Crippen molar-refractivity contribution in [2.24, 2.45) is 10.7 Å². The van der Waals surface area contributed by atoms with Crippen LogP contribution in [0.15, 0.2) is 211 Å². The summed E-state index contributed by atoms with van der Waals surface area (Å²) in [5.41, 5.74) is 23.5. The van der Waals surface area contributed by atoms with Gasteiger partial charge in [-0.25, -0.2) is 4.99 Å². The standard InChI is InChI=1S/C57H44N2/c1-57(2)53-23-13-12-22-50(53)52-37-44(30-34-54(52)57)39-24-27-41(28-25-39)47-32-33-51(49-21-11-10-20-48(47)49)55(59-56(58)42-16-4-3-5-17-42)35-31-40-15-8-9-19-46(40)45-29-26-38-14-6-7-18-43(38)36-45/h3-30,32-37H,31H2,1-2H3,(H2,58,59)/b55-35-. The molecule has 0 aliphatic heterocycles. The number of amidine groups is 1. The fourth-order valence-corrected chi connectivity index (χ4v) is 9.08. The SMILES string of the molecule is CC1(C)c2ccccc2-c2cc(-c3ccc(-c4ccc(/C(=C/Cc5ccccc5-c5ccc6ccccc6c5)N=C(N)c5ccccc5)c5ccccc45)cc3)ccc21. The van der Waals surface area contributed by atoms with Crippen LogP contribution in [0.25, 0.3) is 71.7 Å². The van der Waals surface area contributed by atoms with Crippen LogP contribution in [0.1, 0.15) is 41.7 Å². The van der Waals surface area contributed by atoms with E-state index in [2.05, 4.69) is 190 Å². The lowest BCUT2D eigenvalue weighted by molar-refractivity contribution is 0.660. The van der Waals surface area contributed by atoms with Gasteiger partial charge in [-0.15, -0.1) is 0 Å². The topological polar surface area (TPSA) is 38.4 Å². The van der Waals surface area contributed by atoms with Crippen LogP contribution in [0.5, 0.6) is 0 Å². The van der Waals surface area contributed by atoms with E-state index < -0.39 is 0 Å². The van der Waals surface area contributed by atoms with Crippen molar-refractivity contribution >= 4 is 33.1 Å². The molecule has 0 radical (unpaired) electrons. The second-order valence-corrected chi connectivity index (χ2v) is 16.1. The highest BCUT2D eigenvalue weighted by atomic mass is 14.9. The van der Waals surface area contributed by atoms with Gasteiger partial charge in [-0.3, -0.25) is 0 Å². The van der Waals surface area contributed by atoms with Gasteiger partial charge in [0.15, 0.2) is 0 Å². The third-order valence-corrected chi connectivity index (χ3v) is 12.2. The summed E-state index contributed by atoms with van der Waals surface area (Å²) in [4.78, 5) is 5.18. The van der Waals surface area contributed by atoms with Crippen molar-refractivity contribution in [3.8, 4) is 44.5 Å². The van der Waals surface area contributed by atoms with E-state index in [1.165, 1.54) is 77.4 Å². The number of hydrogen-bond acceptors (Lipinski definition) is 1. The Morgan fingerprint density at radius 1 is 0.475 bits per heavy atom. The lowest BCUT2D eigenvalue weighted by atomic mass is 9.82. The first-order valence-corrected chi connectivity index (χ1v) is 20.5. The van der Waals surface area contributed by atoms with Gasteiger partial charge in [0.2, 0.25) is 0 Å². The largest absolute Gasteiger partial charge is 0.383 e. The number of aliphatic imine (C=N–C) groups is 1. The van der Waals surface area contributed by atoms with Crippen LogP contribution >= 0.6 is 0 Å². The molecule has 2 N–H and O–H groups in total. The molecule has 9 aromatic carbocycles. The maximum atomic E-state index is 6.78. The average molecular weight is 757 g/mol. The molecule has 9 aromatic rings. The van der Waals surface area contributed by atoms with Gasteiger partial charge >= 0.3 is 0 Å². The summed E-state index contributed by atoms with van der Waals surface area (Å²) in [7, 11) is 0. The van der Waals surface area contributed by atoms with Gasteiger partial charge in [0.05, 0.1) is 5.70 Å². The molecular weight excluding hydrogens is 713 g/mol. The summed E-state index contributed by atoms with van der Waals surface area (Å²) >= 11 is 0. The molecule has 0 spiro atoms. The Labute approximate surface area is 346 Å². The minimum atomic E-state index is -0.00244. The Kier molecular flexibility index (Phi) is 9.11. The molecule has 0 bridgehead atoms. The number of allylic oxidation sites excluding steroid dienone is 1. The van der Waals surface area contributed by atoms with Crippen LogP contribution in [-0.4, -0.2) is 5.84 Å². The van der Waals surface area contributed by atoms with E-state index in [1.807, 2.05) is 30.3 Å². The van der Waals surface area contributed by atoms with E-state index in [-0.39, 0.29) is 5.41 Å². The molecule has 10 rings (SSSR count). The summed E-state index contributed by atoms with van der Waals surface area (Å²) in [5, 5.41) is 4.77. The monoisotopic (exact) mass is 756 g/mol. The highest BCUT2D eigenvalue weighted by Crippen LogP contribution is 2.49. The molecule has 59 heavy (non-hydrogen) atoms. The fraction of sp³-hybridized carbons (Fsp3) is 0.0702. The molecule has 2 nitrogen and oxygen atoms in total. The quantitative estimate of drug-likeness (QED) is 0.122. The predicted octanol–water partition coefficient (Wildman–Crippen LogP) is 14.3. The summed E-state index contributed by atoms with van der Waals surface area (Å²) in [5.74, 6) is 0.488. The number of benzene rings is 9. The summed E-state index contributed by atoms with van der Waals surface area (Å²) in [6, 6.07) is 71.9. The fourth-order valence-electron chi connectivity index (χ4n) is 9.08. The van der Waals surface area contributed by atoms with Crippen molar-refractivity contribution in [1.82, 2.24) is 0 Å². The zero-order valence-electron chi connectivity index (χ0n) is 33.4. The van der Waals surface area contributed by atoms with Crippen molar-refractivity contribution in [2.45, 2.75) is 25.7 Å². The van der Waals surface area contributed by atoms with Gasteiger partial charge < -0.3 is 5.73 Å². The van der Waals surface area contributed by atoms with E-state index in [0.717, 1.165) is 22.2 Å². The van der Waals surface area contributed by atoms with Gasteiger partial charge in [0.25, 0.3) is 0 Å². The van der Waals surface area contributed by atoms with E-state index >= 15 is 0 Å². The van der Waals surface area contributed by atoms with Gasteiger partial charge in [0.1, 0.15) is 5.84 Å². The molecule has 0 unspecified atom stereocenters. The van der Waals surface area contributed by atoms with E-state index in [0.29, 0.717) is 12.3 Å². The molecule has 0 amide bonds. The van der Waals surface area contributed by atoms with Crippen LogP contribution in [-0.2, 0) is 11.8 Å². The maximum Gasteiger partial charge on any atom is 0.131 e. The Balaban J connectivity index is 1.03. The van der Waals surface area contributed by atoms with Gasteiger partial charge in [-0.1, -0.05) is 208 Å². The zero-order chi connectivity index (χ0) is 39.9. The number of fused-ring (bicyclic) bond motifs is 5. The Morgan fingerprint density at radius 2 is 1.10 bits per heavy atom. The number of rotatable bonds is 8. The zero-order valence-corrected chi connectivity index (χ0v) is 33.4. The lowest BCUT2D eigenvalue weighted by Crippen LogP contribution is -2.14. The molecule has 0 heterocycles. The van der Waals surface area contributed by atoms with Crippen molar-refractivity contribution in [2.75, 3.05) is 0 Å². The van der Waals surface area contributed by atoms with Crippen LogP contribution < -0.4 is 5.73 Å².